The molecule has 4 aromatic rings. The molecule has 0 bridgehead atoms. The summed E-state index contributed by atoms with van der Waals surface area (Å²) in [5.74, 6) is -0.289. The van der Waals surface area contributed by atoms with Gasteiger partial charge in [-0.15, -0.1) is 0 Å². The molecule has 1 amide bonds. The number of carbonyl (C=O) groups excluding carboxylic acids is 1. The predicted molar refractivity (Wildman–Crippen MR) is 150 cm³/mol. The number of hydrogen-bond donors (Lipinski definition) is 0. The van der Waals surface area contributed by atoms with Gasteiger partial charge in [-0.1, -0.05) is 100 Å². The van der Waals surface area contributed by atoms with Crippen molar-refractivity contribution in [2.45, 2.75) is 24.5 Å². The van der Waals surface area contributed by atoms with E-state index in [1.807, 2.05) is 84.9 Å². The molecule has 5 nitrogen and oxygen atoms in total. The third kappa shape index (κ3) is 7.52. The summed E-state index contributed by atoms with van der Waals surface area (Å²) in [5.41, 5.74) is 2.70. The number of amides is 1. The van der Waals surface area contributed by atoms with E-state index in [4.69, 9.17) is 11.6 Å². The van der Waals surface area contributed by atoms with Crippen molar-refractivity contribution in [3.8, 4) is 0 Å². The highest BCUT2D eigenvalue weighted by Crippen LogP contribution is 2.22. The molecule has 0 fully saturated rings. The zero-order valence-corrected chi connectivity index (χ0v) is 23.2. The van der Waals surface area contributed by atoms with Gasteiger partial charge in [0.2, 0.25) is 15.9 Å². The summed E-state index contributed by atoms with van der Waals surface area (Å²) in [7, 11) is -3.98. The maximum atomic E-state index is 13.7. The first-order valence-electron chi connectivity index (χ1n) is 11.7. The van der Waals surface area contributed by atoms with Crippen molar-refractivity contribution in [2.24, 2.45) is 0 Å². The second-order valence-corrected chi connectivity index (χ2v) is 11.9. The van der Waals surface area contributed by atoms with Crippen LogP contribution in [0.1, 0.15) is 16.7 Å². The molecule has 0 N–H and O–H groups in total. The molecule has 37 heavy (non-hydrogen) atoms. The largest absolute Gasteiger partial charge is 0.333 e. The van der Waals surface area contributed by atoms with Crippen molar-refractivity contribution in [2.75, 3.05) is 6.54 Å². The summed E-state index contributed by atoms with van der Waals surface area (Å²) in [6.07, 6.45) is 0. The first-order chi connectivity index (χ1) is 17.8. The van der Waals surface area contributed by atoms with Crippen LogP contribution in [-0.4, -0.2) is 30.1 Å². The lowest BCUT2D eigenvalue weighted by Gasteiger charge is -2.28. The Hall–Kier alpha value is -2.97. The summed E-state index contributed by atoms with van der Waals surface area (Å²) in [6.45, 7) is 0.471. The fraction of sp³-hybridized carbons (Fsp3) is 0.138. The lowest BCUT2D eigenvalue weighted by molar-refractivity contribution is -0.132. The van der Waals surface area contributed by atoms with Crippen molar-refractivity contribution in [1.82, 2.24) is 9.21 Å². The number of benzene rings is 4. The monoisotopic (exact) mass is 596 g/mol. The molecule has 8 heteroatoms. The van der Waals surface area contributed by atoms with Gasteiger partial charge >= 0.3 is 0 Å². The Labute approximate surface area is 231 Å². The molecule has 0 spiro atoms. The zero-order chi connectivity index (χ0) is 26.3. The molecule has 0 radical (unpaired) electrons. The minimum Gasteiger partial charge on any atom is -0.333 e. The molecule has 0 saturated heterocycles. The van der Waals surface area contributed by atoms with Crippen LogP contribution in [0.4, 0.5) is 0 Å². The molecular weight excluding hydrogens is 572 g/mol. The average molecular weight is 598 g/mol. The van der Waals surface area contributed by atoms with Gasteiger partial charge in [-0.3, -0.25) is 4.79 Å². The predicted octanol–water partition coefficient (Wildman–Crippen LogP) is 6.52. The molecule has 0 aliphatic heterocycles. The topological polar surface area (TPSA) is 57.7 Å². The van der Waals surface area contributed by atoms with E-state index in [-0.39, 0.29) is 23.9 Å². The summed E-state index contributed by atoms with van der Waals surface area (Å²) in [5, 5.41) is 0.436. The maximum absolute atomic E-state index is 13.7. The van der Waals surface area contributed by atoms with Gasteiger partial charge in [0.1, 0.15) is 0 Å². The average Bonchev–Trinajstić information content (AvgIpc) is 2.90. The van der Waals surface area contributed by atoms with E-state index in [0.29, 0.717) is 18.1 Å². The molecular formula is C29H26BrClN2O3S. The van der Waals surface area contributed by atoms with Crippen LogP contribution in [0.5, 0.6) is 0 Å². The van der Waals surface area contributed by atoms with Crippen LogP contribution >= 0.6 is 27.5 Å². The van der Waals surface area contributed by atoms with Crippen LogP contribution in [0.2, 0.25) is 5.02 Å². The van der Waals surface area contributed by atoms with Gasteiger partial charge < -0.3 is 4.90 Å². The number of nitrogens with zero attached hydrogens (tertiary/aromatic N) is 2. The minimum absolute atomic E-state index is 0.0501. The highest BCUT2D eigenvalue weighted by atomic mass is 79.9. The van der Waals surface area contributed by atoms with Crippen molar-refractivity contribution < 1.29 is 13.2 Å². The number of rotatable bonds is 10. The maximum Gasteiger partial charge on any atom is 0.243 e. The van der Waals surface area contributed by atoms with E-state index < -0.39 is 10.0 Å². The molecule has 0 unspecified atom stereocenters. The summed E-state index contributed by atoms with van der Waals surface area (Å²) in [4.78, 5) is 15.5. The molecule has 0 saturated carbocycles. The number of carbonyl (C=O) groups is 1. The molecule has 0 atom stereocenters. The Morgan fingerprint density at radius 3 is 1.68 bits per heavy atom. The van der Waals surface area contributed by atoms with Crippen LogP contribution in [-0.2, 0) is 34.5 Å². The van der Waals surface area contributed by atoms with Gasteiger partial charge in [-0.25, -0.2) is 8.42 Å². The Morgan fingerprint density at radius 1 is 0.676 bits per heavy atom. The van der Waals surface area contributed by atoms with Crippen LogP contribution in [0, 0.1) is 0 Å². The smallest absolute Gasteiger partial charge is 0.243 e. The van der Waals surface area contributed by atoms with Crippen LogP contribution in [0.15, 0.2) is 119 Å². The van der Waals surface area contributed by atoms with Gasteiger partial charge in [0.05, 0.1) is 11.4 Å². The SMILES string of the molecule is O=C(CN(Cc1ccc(Br)cc1)S(=O)(=O)c1ccc(Cl)cc1)N(Cc1ccccc1)Cc1ccccc1. The summed E-state index contributed by atoms with van der Waals surface area (Å²) in [6, 6.07) is 32.7. The fourth-order valence-corrected chi connectivity index (χ4v) is 5.63. The Kier molecular flexibility index (Phi) is 9.16. The van der Waals surface area contributed by atoms with Gasteiger partial charge in [0.25, 0.3) is 0 Å². The van der Waals surface area contributed by atoms with Crippen molar-refractivity contribution in [1.29, 1.82) is 0 Å². The standard InChI is InChI=1S/C29H26BrClN2O3S/c30-26-13-11-25(12-14-26)21-33(37(35,36)28-17-15-27(31)16-18-28)22-29(34)32(19-23-7-3-1-4-8-23)20-24-9-5-2-6-10-24/h1-18H,19-22H2. The first-order valence-corrected chi connectivity index (χ1v) is 14.3. The number of sulfonamides is 1. The molecule has 0 aliphatic rings. The lowest BCUT2D eigenvalue weighted by atomic mass is 10.1. The molecule has 0 aromatic heterocycles. The highest BCUT2D eigenvalue weighted by Gasteiger charge is 2.29. The van der Waals surface area contributed by atoms with Crippen molar-refractivity contribution >= 4 is 43.5 Å². The quantitative estimate of drug-likeness (QED) is 0.209. The Morgan fingerprint density at radius 2 is 1.16 bits per heavy atom. The number of hydrogen-bond acceptors (Lipinski definition) is 3. The normalized spacial score (nSPS) is 11.4. The Balaban J connectivity index is 1.65. The van der Waals surface area contributed by atoms with Gasteiger partial charge in [0.15, 0.2) is 0 Å². The second-order valence-electron chi connectivity index (χ2n) is 8.57. The molecule has 0 heterocycles. The Bertz CT molecular complexity index is 1370. The van der Waals surface area contributed by atoms with E-state index >= 15 is 0 Å². The van der Waals surface area contributed by atoms with Crippen LogP contribution in [0.25, 0.3) is 0 Å². The fourth-order valence-electron chi connectivity index (χ4n) is 3.87. The van der Waals surface area contributed by atoms with Crippen LogP contribution in [0.3, 0.4) is 0 Å². The van der Waals surface area contributed by atoms with Gasteiger partial charge in [-0.2, -0.15) is 4.31 Å². The second kappa shape index (κ2) is 12.5. The number of halogens is 2. The minimum atomic E-state index is -3.98. The lowest BCUT2D eigenvalue weighted by Crippen LogP contribution is -2.42. The highest BCUT2D eigenvalue weighted by molar-refractivity contribution is 9.10. The van der Waals surface area contributed by atoms with E-state index in [1.54, 1.807) is 4.90 Å². The van der Waals surface area contributed by atoms with E-state index in [1.165, 1.54) is 28.6 Å². The third-order valence-electron chi connectivity index (χ3n) is 5.82. The third-order valence-corrected chi connectivity index (χ3v) is 8.41. The first kappa shape index (κ1) is 27.1. The molecule has 4 rings (SSSR count). The summed E-state index contributed by atoms with van der Waals surface area (Å²) >= 11 is 9.40. The van der Waals surface area contributed by atoms with E-state index in [2.05, 4.69) is 15.9 Å². The molecule has 190 valence electrons. The summed E-state index contributed by atoms with van der Waals surface area (Å²) < 4.78 is 29.5. The van der Waals surface area contributed by atoms with Crippen molar-refractivity contribution in [3.63, 3.8) is 0 Å². The van der Waals surface area contributed by atoms with E-state index in [9.17, 15) is 13.2 Å². The van der Waals surface area contributed by atoms with Gasteiger partial charge in [-0.05, 0) is 53.1 Å². The van der Waals surface area contributed by atoms with Gasteiger partial charge in [0, 0.05) is 29.1 Å². The molecule has 0 aliphatic carbocycles. The van der Waals surface area contributed by atoms with Crippen molar-refractivity contribution in [3.05, 3.63) is 135 Å². The van der Waals surface area contributed by atoms with Crippen LogP contribution < -0.4 is 0 Å². The molecule has 4 aromatic carbocycles. The van der Waals surface area contributed by atoms with E-state index in [0.717, 1.165) is 21.2 Å². The zero-order valence-electron chi connectivity index (χ0n) is 20.0.